The molecule has 2 atom stereocenters. The number of primary amides is 1. The molecular weight excluding hydrogens is 295 g/mol. The summed E-state index contributed by atoms with van der Waals surface area (Å²) >= 11 is 0. The SMILES string of the molecule is Cc1ccccc1C1CC1C(=O)Nc1ccc(C(N)=O)cc1F. The average molecular weight is 312 g/mol. The highest BCUT2D eigenvalue weighted by Crippen LogP contribution is 2.49. The Morgan fingerprint density at radius 2 is 1.96 bits per heavy atom. The van der Waals surface area contributed by atoms with E-state index in [9.17, 15) is 14.0 Å². The number of hydrogen-bond acceptors (Lipinski definition) is 2. The zero-order valence-electron chi connectivity index (χ0n) is 12.7. The van der Waals surface area contributed by atoms with Gasteiger partial charge in [0.2, 0.25) is 11.8 Å². The fourth-order valence-electron chi connectivity index (χ4n) is 2.83. The Kier molecular flexibility index (Phi) is 3.86. The number of benzene rings is 2. The number of rotatable bonds is 4. The molecule has 0 spiro atoms. The number of hydrogen-bond donors (Lipinski definition) is 2. The second-order valence-corrected chi connectivity index (χ2v) is 5.85. The van der Waals surface area contributed by atoms with Crippen LogP contribution in [0.5, 0.6) is 0 Å². The molecule has 0 heterocycles. The number of anilines is 1. The maximum Gasteiger partial charge on any atom is 0.248 e. The second kappa shape index (κ2) is 5.83. The van der Waals surface area contributed by atoms with Crippen LogP contribution >= 0.6 is 0 Å². The first-order chi connectivity index (χ1) is 11.0. The molecule has 3 N–H and O–H groups in total. The van der Waals surface area contributed by atoms with Gasteiger partial charge in [0.05, 0.1) is 5.69 Å². The Morgan fingerprint density at radius 3 is 2.61 bits per heavy atom. The van der Waals surface area contributed by atoms with Crippen LogP contribution in [0, 0.1) is 18.7 Å². The highest BCUT2D eigenvalue weighted by atomic mass is 19.1. The second-order valence-electron chi connectivity index (χ2n) is 5.85. The van der Waals surface area contributed by atoms with Crippen LogP contribution in [0.1, 0.15) is 33.8 Å². The third kappa shape index (κ3) is 3.08. The molecule has 5 heteroatoms. The van der Waals surface area contributed by atoms with Gasteiger partial charge in [0, 0.05) is 11.5 Å². The van der Waals surface area contributed by atoms with E-state index < -0.39 is 11.7 Å². The fraction of sp³-hybridized carbons (Fsp3) is 0.222. The van der Waals surface area contributed by atoms with Crippen molar-refractivity contribution in [3.8, 4) is 0 Å². The van der Waals surface area contributed by atoms with E-state index in [-0.39, 0.29) is 29.0 Å². The van der Waals surface area contributed by atoms with E-state index in [1.807, 2.05) is 31.2 Å². The molecule has 2 amide bonds. The molecule has 23 heavy (non-hydrogen) atoms. The largest absolute Gasteiger partial charge is 0.366 e. The first kappa shape index (κ1) is 15.2. The molecule has 0 saturated heterocycles. The number of halogens is 1. The Labute approximate surface area is 133 Å². The van der Waals surface area contributed by atoms with Gasteiger partial charge in [0.15, 0.2) is 0 Å². The molecule has 0 aromatic heterocycles. The van der Waals surface area contributed by atoms with E-state index in [2.05, 4.69) is 5.32 Å². The highest BCUT2D eigenvalue weighted by molar-refractivity contribution is 5.97. The number of carbonyl (C=O) groups excluding carboxylic acids is 2. The van der Waals surface area contributed by atoms with Crippen LogP contribution < -0.4 is 11.1 Å². The Morgan fingerprint density at radius 1 is 1.22 bits per heavy atom. The fourth-order valence-corrected chi connectivity index (χ4v) is 2.83. The van der Waals surface area contributed by atoms with Crippen LogP contribution in [0.4, 0.5) is 10.1 Å². The van der Waals surface area contributed by atoms with Crippen LogP contribution in [0.25, 0.3) is 0 Å². The molecule has 0 aliphatic heterocycles. The lowest BCUT2D eigenvalue weighted by molar-refractivity contribution is -0.117. The highest BCUT2D eigenvalue weighted by Gasteiger charge is 2.44. The third-order valence-corrected chi connectivity index (χ3v) is 4.23. The van der Waals surface area contributed by atoms with E-state index in [4.69, 9.17) is 5.73 Å². The van der Waals surface area contributed by atoms with Crippen molar-refractivity contribution in [2.75, 3.05) is 5.32 Å². The van der Waals surface area contributed by atoms with Crippen LogP contribution in [0.2, 0.25) is 0 Å². The van der Waals surface area contributed by atoms with E-state index in [0.717, 1.165) is 23.6 Å². The molecule has 1 fully saturated rings. The summed E-state index contributed by atoms with van der Waals surface area (Å²) in [5, 5.41) is 2.59. The summed E-state index contributed by atoms with van der Waals surface area (Å²) in [6, 6.07) is 11.7. The van der Waals surface area contributed by atoms with Crippen molar-refractivity contribution in [1.82, 2.24) is 0 Å². The molecule has 2 unspecified atom stereocenters. The summed E-state index contributed by atoms with van der Waals surface area (Å²) in [6.07, 6.45) is 0.762. The van der Waals surface area contributed by atoms with Crippen molar-refractivity contribution in [3.63, 3.8) is 0 Å². The van der Waals surface area contributed by atoms with Crippen molar-refractivity contribution in [2.45, 2.75) is 19.3 Å². The lowest BCUT2D eigenvalue weighted by Crippen LogP contribution is -2.17. The van der Waals surface area contributed by atoms with Gasteiger partial charge in [0.1, 0.15) is 5.82 Å². The minimum atomic E-state index is -0.705. The van der Waals surface area contributed by atoms with Gasteiger partial charge in [-0.05, 0) is 48.6 Å². The molecule has 2 aromatic carbocycles. The maximum atomic E-state index is 13.9. The number of nitrogens with two attached hydrogens (primary N) is 1. The third-order valence-electron chi connectivity index (χ3n) is 4.23. The zero-order valence-corrected chi connectivity index (χ0v) is 12.7. The standard InChI is InChI=1S/C18H17FN2O2/c1-10-4-2-3-5-12(10)13-9-14(13)18(23)21-16-7-6-11(17(20)22)8-15(16)19/h2-8,13-14H,9H2,1H3,(H2,20,22)(H,21,23). The lowest BCUT2D eigenvalue weighted by Gasteiger charge is -2.08. The van der Waals surface area contributed by atoms with Crippen molar-refractivity contribution < 1.29 is 14.0 Å². The van der Waals surface area contributed by atoms with E-state index in [1.165, 1.54) is 12.1 Å². The quantitative estimate of drug-likeness (QED) is 0.911. The lowest BCUT2D eigenvalue weighted by atomic mass is 10.0. The zero-order chi connectivity index (χ0) is 16.6. The first-order valence-corrected chi connectivity index (χ1v) is 7.43. The molecule has 1 aliphatic carbocycles. The van der Waals surface area contributed by atoms with Gasteiger partial charge < -0.3 is 11.1 Å². The van der Waals surface area contributed by atoms with Gasteiger partial charge in [-0.1, -0.05) is 24.3 Å². The van der Waals surface area contributed by atoms with Crippen molar-refractivity contribution in [1.29, 1.82) is 0 Å². The van der Waals surface area contributed by atoms with Gasteiger partial charge in [-0.2, -0.15) is 0 Å². The number of amides is 2. The monoisotopic (exact) mass is 312 g/mol. The molecule has 2 aromatic rings. The number of carbonyl (C=O) groups is 2. The average Bonchev–Trinajstić information content (AvgIpc) is 3.30. The Bertz CT molecular complexity index is 788. The normalized spacial score (nSPS) is 19.2. The van der Waals surface area contributed by atoms with Crippen LogP contribution in [-0.4, -0.2) is 11.8 Å². The molecule has 4 nitrogen and oxygen atoms in total. The van der Waals surface area contributed by atoms with Crippen LogP contribution in [0.3, 0.4) is 0 Å². The molecular formula is C18H17FN2O2. The van der Waals surface area contributed by atoms with E-state index in [0.29, 0.717) is 0 Å². The molecule has 1 aliphatic rings. The van der Waals surface area contributed by atoms with Gasteiger partial charge in [-0.15, -0.1) is 0 Å². The molecule has 0 radical (unpaired) electrons. The Hall–Kier alpha value is -2.69. The van der Waals surface area contributed by atoms with Crippen molar-refractivity contribution in [3.05, 3.63) is 65.0 Å². The predicted octanol–water partition coefficient (Wildman–Crippen LogP) is 2.98. The summed E-state index contributed by atoms with van der Waals surface area (Å²) < 4.78 is 13.9. The minimum absolute atomic E-state index is 0.0652. The smallest absolute Gasteiger partial charge is 0.248 e. The van der Waals surface area contributed by atoms with Gasteiger partial charge in [-0.3, -0.25) is 9.59 Å². The topological polar surface area (TPSA) is 72.2 Å². The molecule has 0 bridgehead atoms. The van der Waals surface area contributed by atoms with Crippen LogP contribution in [0.15, 0.2) is 42.5 Å². The first-order valence-electron chi connectivity index (χ1n) is 7.43. The maximum absolute atomic E-state index is 13.9. The van der Waals surface area contributed by atoms with E-state index in [1.54, 1.807) is 0 Å². The van der Waals surface area contributed by atoms with Gasteiger partial charge in [0.25, 0.3) is 0 Å². The predicted molar refractivity (Wildman–Crippen MR) is 85.6 cm³/mol. The summed E-state index contributed by atoms with van der Waals surface area (Å²) in [7, 11) is 0. The van der Waals surface area contributed by atoms with Gasteiger partial charge >= 0.3 is 0 Å². The summed E-state index contributed by atoms with van der Waals surface area (Å²) in [5.41, 5.74) is 7.56. The summed E-state index contributed by atoms with van der Waals surface area (Å²) in [6.45, 7) is 2.02. The number of nitrogens with one attached hydrogen (secondary N) is 1. The minimum Gasteiger partial charge on any atom is -0.366 e. The summed E-state index contributed by atoms with van der Waals surface area (Å²) in [5.74, 6) is -1.54. The van der Waals surface area contributed by atoms with Gasteiger partial charge in [-0.25, -0.2) is 4.39 Å². The van der Waals surface area contributed by atoms with E-state index >= 15 is 0 Å². The number of aryl methyl sites for hydroxylation is 1. The molecule has 118 valence electrons. The Balaban J connectivity index is 1.70. The van der Waals surface area contributed by atoms with Crippen LogP contribution in [-0.2, 0) is 4.79 Å². The molecule has 3 rings (SSSR count). The van der Waals surface area contributed by atoms with Crippen molar-refractivity contribution >= 4 is 17.5 Å². The summed E-state index contributed by atoms with van der Waals surface area (Å²) in [4.78, 5) is 23.3. The van der Waals surface area contributed by atoms with Crippen molar-refractivity contribution in [2.24, 2.45) is 11.7 Å². The molecule has 1 saturated carbocycles.